The van der Waals surface area contributed by atoms with Crippen LogP contribution in [0.1, 0.15) is 41.5 Å². The van der Waals surface area contributed by atoms with Crippen LogP contribution >= 0.6 is 0 Å². The first kappa shape index (κ1) is 18.8. The van der Waals surface area contributed by atoms with Gasteiger partial charge in [0, 0.05) is 0 Å². The second-order valence-electron chi connectivity index (χ2n) is 6.63. The smallest absolute Gasteiger partial charge is 0.329 e. The summed E-state index contributed by atoms with van der Waals surface area (Å²) in [5, 5.41) is 9.57. The van der Waals surface area contributed by atoms with Gasteiger partial charge in [0.15, 0.2) is 0 Å². The summed E-state index contributed by atoms with van der Waals surface area (Å²) < 4.78 is 0. The monoisotopic (exact) mass is 290 g/mol. The van der Waals surface area contributed by atoms with Crippen molar-refractivity contribution in [1.29, 1.82) is 0 Å². The Morgan fingerprint density at radius 2 is 1.20 bits per heavy atom. The highest BCUT2D eigenvalue weighted by molar-refractivity contribution is 5.75. The van der Waals surface area contributed by atoms with Crippen molar-refractivity contribution in [3.8, 4) is 0 Å². The molecule has 0 aromatic heterocycles. The normalized spacial score (nSPS) is 12.4. The van der Waals surface area contributed by atoms with Crippen molar-refractivity contribution in [2.75, 3.05) is 13.1 Å². The fourth-order valence-electron chi connectivity index (χ4n) is 0.785. The lowest BCUT2D eigenvalue weighted by molar-refractivity contribution is -0.163. The molecule has 0 rings (SSSR count). The van der Waals surface area contributed by atoms with E-state index in [0.29, 0.717) is 0 Å². The first-order valence-electron chi connectivity index (χ1n) is 6.51. The highest BCUT2D eigenvalue weighted by Gasteiger charge is 2.24. The fraction of sp³-hybridized carbons (Fsp3) is 0.846. The summed E-state index contributed by atoms with van der Waals surface area (Å²) >= 11 is 0. The van der Waals surface area contributed by atoms with Crippen LogP contribution in [0.5, 0.6) is 0 Å². The Hall–Kier alpha value is -1.18. The Morgan fingerprint density at radius 3 is 1.45 bits per heavy atom. The molecule has 0 aliphatic carbocycles. The number of hydrogen-bond donors (Lipinski definition) is 3. The maximum absolute atomic E-state index is 11.4. The van der Waals surface area contributed by atoms with Crippen LogP contribution in [0.3, 0.4) is 0 Å². The van der Waals surface area contributed by atoms with Crippen LogP contribution in [0.4, 0.5) is 0 Å². The van der Waals surface area contributed by atoms with E-state index in [1.165, 1.54) is 0 Å². The molecule has 0 unspecified atom stereocenters. The van der Waals surface area contributed by atoms with Gasteiger partial charge in [0.25, 0.3) is 0 Å². The summed E-state index contributed by atoms with van der Waals surface area (Å²) in [6.07, 6.45) is -0.865. The SMILES string of the molecule is CC(C)(C)C(=O)ONCC(O)CNOC(=O)C(C)(C)C. The zero-order valence-corrected chi connectivity index (χ0v) is 13.1. The molecule has 0 fully saturated rings. The minimum atomic E-state index is -0.865. The maximum Gasteiger partial charge on any atom is 0.329 e. The summed E-state index contributed by atoms with van der Waals surface area (Å²) in [5.41, 5.74) is 3.53. The van der Waals surface area contributed by atoms with E-state index in [4.69, 9.17) is 9.68 Å². The lowest BCUT2D eigenvalue weighted by atomic mass is 9.98. The third-order valence-corrected chi connectivity index (χ3v) is 2.19. The molecular weight excluding hydrogens is 264 g/mol. The number of rotatable bonds is 6. The molecule has 0 aliphatic heterocycles. The average Bonchev–Trinajstić information content (AvgIpc) is 2.26. The van der Waals surface area contributed by atoms with Crippen LogP contribution in [-0.2, 0) is 19.3 Å². The van der Waals surface area contributed by atoms with E-state index < -0.39 is 28.9 Å². The van der Waals surface area contributed by atoms with Crippen molar-refractivity contribution in [1.82, 2.24) is 11.0 Å². The van der Waals surface area contributed by atoms with Gasteiger partial charge in [0.2, 0.25) is 0 Å². The van der Waals surface area contributed by atoms with Crippen LogP contribution in [0, 0.1) is 10.8 Å². The van der Waals surface area contributed by atoms with E-state index in [2.05, 4.69) is 11.0 Å². The molecule has 0 aromatic carbocycles. The van der Waals surface area contributed by atoms with E-state index in [1.807, 2.05) is 0 Å². The number of carbonyl (C=O) groups excluding carboxylic acids is 2. The van der Waals surface area contributed by atoms with Crippen LogP contribution < -0.4 is 11.0 Å². The molecular formula is C13H26N2O5. The molecule has 0 bridgehead atoms. The van der Waals surface area contributed by atoms with E-state index in [-0.39, 0.29) is 13.1 Å². The van der Waals surface area contributed by atoms with Crippen LogP contribution in [0.25, 0.3) is 0 Å². The second-order valence-corrected chi connectivity index (χ2v) is 6.63. The van der Waals surface area contributed by atoms with Gasteiger partial charge in [-0.1, -0.05) is 0 Å². The summed E-state index contributed by atoms with van der Waals surface area (Å²) in [6, 6.07) is 0. The van der Waals surface area contributed by atoms with Gasteiger partial charge in [-0.15, -0.1) is 0 Å². The van der Waals surface area contributed by atoms with E-state index in [1.54, 1.807) is 41.5 Å². The first-order valence-corrected chi connectivity index (χ1v) is 6.51. The fourth-order valence-corrected chi connectivity index (χ4v) is 0.785. The standard InChI is InChI=1S/C13H26N2O5/c1-12(2,3)10(17)19-14-7-9(16)8-15-20-11(18)13(4,5)6/h9,14-16H,7-8H2,1-6H3. The Morgan fingerprint density at radius 1 is 0.900 bits per heavy atom. The molecule has 0 radical (unpaired) electrons. The molecule has 0 aromatic rings. The van der Waals surface area contributed by atoms with Gasteiger partial charge in [-0.2, -0.15) is 11.0 Å². The molecule has 0 amide bonds. The molecule has 20 heavy (non-hydrogen) atoms. The van der Waals surface area contributed by atoms with Gasteiger partial charge in [0.1, 0.15) is 0 Å². The molecule has 118 valence electrons. The lowest BCUT2D eigenvalue weighted by Crippen LogP contribution is -2.40. The van der Waals surface area contributed by atoms with Gasteiger partial charge >= 0.3 is 11.9 Å². The molecule has 0 saturated carbocycles. The van der Waals surface area contributed by atoms with Crippen molar-refractivity contribution < 1.29 is 24.4 Å². The molecule has 7 nitrogen and oxygen atoms in total. The summed E-state index contributed by atoms with van der Waals surface area (Å²) in [7, 11) is 0. The minimum Gasteiger partial charge on any atom is -0.390 e. The summed E-state index contributed by atoms with van der Waals surface area (Å²) in [5.74, 6) is -0.839. The Labute approximate surface area is 119 Å². The largest absolute Gasteiger partial charge is 0.390 e. The van der Waals surface area contributed by atoms with Gasteiger partial charge in [-0.3, -0.25) is 0 Å². The quantitative estimate of drug-likeness (QED) is 0.614. The molecule has 0 heterocycles. The van der Waals surface area contributed by atoms with Crippen molar-refractivity contribution in [3.63, 3.8) is 0 Å². The zero-order valence-electron chi connectivity index (χ0n) is 13.1. The number of nitrogens with one attached hydrogen (secondary N) is 2. The van der Waals surface area contributed by atoms with Crippen LogP contribution in [-0.4, -0.2) is 36.2 Å². The number of hydrogen-bond acceptors (Lipinski definition) is 7. The Balaban J connectivity index is 3.78. The molecule has 0 saturated heterocycles. The minimum absolute atomic E-state index is 0.0297. The third kappa shape index (κ3) is 8.08. The van der Waals surface area contributed by atoms with Crippen molar-refractivity contribution in [2.24, 2.45) is 10.8 Å². The number of aliphatic hydroxyl groups excluding tert-OH is 1. The summed E-state index contributed by atoms with van der Waals surface area (Å²) in [4.78, 5) is 32.4. The van der Waals surface area contributed by atoms with Crippen LogP contribution in [0.2, 0.25) is 0 Å². The van der Waals surface area contributed by atoms with Crippen LogP contribution in [0.15, 0.2) is 0 Å². The average molecular weight is 290 g/mol. The Kier molecular flexibility index (Phi) is 7.12. The topological polar surface area (TPSA) is 96.9 Å². The van der Waals surface area contributed by atoms with Crippen molar-refractivity contribution in [3.05, 3.63) is 0 Å². The van der Waals surface area contributed by atoms with Crippen molar-refractivity contribution in [2.45, 2.75) is 47.6 Å². The van der Waals surface area contributed by atoms with E-state index >= 15 is 0 Å². The summed E-state index contributed by atoms with van der Waals surface area (Å²) in [6.45, 7) is 10.4. The lowest BCUT2D eigenvalue weighted by Gasteiger charge is -2.19. The zero-order chi connectivity index (χ0) is 16.0. The predicted octanol–water partition coefficient (Wildman–Crippen LogP) is 0.535. The third-order valence-electron chi connectivity index (χ3n) is 2.19. The molecule has 0 aliphatic rings. The highest BCUT2D eigenvalue weighted by atomic mass is 16.7. The maximum atomic E-state index is 11.4. The first-order chi connectivity index (χ1) is 8.94. The Bertz CT molecular complexity index is 299. The molecule has 0 atom stereocenters. The number of carbonyl (C=O) groups is 2. The number of hydroxylamine groups is 2. The van der Waals surface area contributed by atoms with Gasteiger partial charge in [-0.25, -0.2) is 9.59 Å². The van der Waals surface area contributed by atoms with Gasteiger partial charge < -0.3 is 14.8 Å². The molecule has 7 heteroatoms. The number of aliphatic hydroxyl groups is 1. The molecule has 0 spiro atoms. The van der Waals surface area contributed by atoms with E-state index in [9.17, 15) is 14.7 Å². The second kappa shape index (κ2) is 7.56. The molecule has 3 N–H and O–H groups in total. The van der Waals surface area contributed by atoms with Gasteiger partial charge in [0.05, 0.1) is 30.0 Å². The van der Waals surface area contributed by atoms with E-state index in [0.717, 1.165) is 0 Å². The van der Waals surface area contributed by atoms with Gasteiger partial charge in [-0.05, 0) is 41.5 Å². The van der Waals surface area contributed by atoms with Crippen molar-refractivity contribution >= 4 is 11.9 Å². The highest BCUT2D eigenvalue weighted by Crippen LogP contribution is 2.14. The predicted molar refractivity (Wildman–Crippen MR) is 73.1 cm³/mol.